The molecule has 1 aromatic carbocycles. The van der Waals surface area contributed by atoms with Gasteiger partial charge in [-0.15, -0.1) is 0 Å². The second-order valence-electron chi connectivity index (χ2n) is 8.99. The molecule has 0 saturated carbocycles. The molecule has 2 aliphatic heterocycles. The Bertz CT molecular complexity index is 872. The zero-order valence-corrected chi connectivity index (χ0v) is 17.0. The van der Waals surface area contributed by atoms with E-state index in [1.807, 2.05) is 0 Å². The van der Waals surface area contributed by atoms with Gasteiger partial charge in [-0.2, -0.15) is 0 Å². The van der Waals surface area contributed by atoms with Crippen LogP contribution in [-0.4, -0.2) is 12.1 Å². The molecule has 1 N–H and O–H groups in total. The van der Waals surface area contributed by atoms with Crippen LogP contribution in [-0.2, 0) is 0 Å². The molecule has 2 nitrogen and oxygen atoms in total. The summed E-state index contributed by atoms with van der Waals surface area (Å²) in [7, 11) is 0. The number of para-hydroxylation sites is 1. The van der Waals surface area contributed by atoms with E-state index in [1.54, 1.807) is 0 Å². The molecule has 2 heterocycles. The molecule has 0 fully saturated rings. The molecule has 0 saturated heterocycles. The van der Waals surface area contributed by atoms with Gasteiger partial charge in [0.1, 0.15) is 11.9 Å². The van der Waals surface area contributed by atoms with E-state index in [0.717, 1.165) is 31.4 Å². The fourth-order valence-corrected chi connectivity index (χ4v) is 5.28. The predicted octanol–water partition coefficient (Wildman–Crippen LogP) is 6.13. The Kier molecular flexibility index (Phi) is 4.66. The van der Waals surface area contributed by atoms with Crippen molar-refractivity contribution >= 4 is 5.57 Å². The minimum atomic E-state index is 0.322. The number of fused-ring (bicyclic) bond motifs is 3. The molecule has 0 bridgehead atoms. The van der Waals surface area contributed by atoms with Gasteiger partial charge in [0.05, 0.1) is 0 Å². The van der Waals surface area contributed by atoms with Crippen molar-refractivity contribution in [1.82, 2.24) is 5.32 Å². The first-order chi connectivity index (χ1) is 13.7. The summed E-state index contributed by atoms with van der Waals surface area (Å²) >= 11 is 0. The summed E-state index contributed by atoms with van der Waals surface area (Å²) in [6.45, 7) is 4.66. The maximum Gasteiger partial charge on any atom is 0.131 e. The van der Waals surface area contributed by atoms with Crippen molar-refractivity contribution in [3.05, 3.63) is 71.5 Å². The van der Waals surface area contributed by atoms with E-state index in [4.69, 9.17) is 4.74 Å². The molecule has 28 heavy (non-hydrogen) atoms. The fraction of sp³-hybridized carbons (Fsp3) is 0.462. The van der Waals surface area contributed by atoms with Gasteiger partial charge in [-0.1, -0.05) is 68.5 Å². The van der Waals surface area contributed by atoms with E-state index in [9.17, 15) is 0 Å². The minimum Gasteiger partial charge on any atom is -0.489 e. The standard InChI is InChI=1S/C26H31NO/c1-17(2)23-16-15-20(25(27-23)18-9-4-3-5-10-18)22-13-8-12-21-19-11-6-7-14-24(19)28-26(21)22/h3-6,8-9,11-13,17-19,23-24,27H,7,10,14-16H2,1-2H3. The molecule has 2 aliphatic carbocycles. The highest BCUT2D eigenvalue weighted by Crippen LogP contribution is 2.48. The maximum absolute atomic E-state index is 6.56. The quantitative estimate of drug-likeness (QED) is 0.643. The van der Waals surface area contributed by atoms with Crippen molar-refractivity contribution in [3.8, 4) is 5.75 Å². The first-order valence-electron chi connectivity index (χ1n) is 11.0. The van der Waals surface area contributed by atoms with Crippen LogP contribution in [0.1, 0.15) is 63.0 Å². The number of hydrogen-bond acceptors (Lipinski definition) is 2. The number of allylic oxidation sites excluding steroid dienone is 6. The molecule has 4 aliphatic rings. The molecular formula is C26H31NO. The monoisotopic (exact) mass is 373 g/mol. The van der Waals surface area contributed by atoms with Crippen LogP contribution in [0.2, 0.25) is 0 Å². The summed E-state index contributed by atoms with van der Waals surface area (Å²) in [5.74, 6) is 2.67. The van der Waals surface area contributed by atoms with Crippen LogP contribution in [0.15, 0.2) is 60.4 Å². The lowest BCUT2D eigenvalue weighted by atomic mass is 9.81. The average molecular weight is 374 g/mol. The SMILES string of the molecule is CC(C)C1CCC(c2cccc3c2OC2CCC=CC32)=C(C2C=CC=CC2)N1. The van der Waals surface area contributed by atoms with Gasteiger partial charge in [-0.25, -0.2) is 0 Å². The normalized spacial score (nSPS) is 30.8. The van der Waals surface area contributed by atoms with Gasteiger partial charge in [0.2, 0.25) is 0 Å². The van der Waals surface area contributed by atoms with Crippen molar-refractivity contribution in [2.24, 2.45) is 11.8 Å². The Balaban J connectivity index is 1.59. The summed E-state index contributed by atoms with van der Waals surface area (Å²) < 4.78 is 6.56. The van der Waals surface area contributed by atoms with Gasteiger partial charge < -0.3 is 10.1 Å². The summed E-state index contributed by atoms with van der Waals surface area (Å²) in [5, 5.41) is 3.95. The molecule has 0 amide bonds. The zero-order valence-electron chi connectivity index (χ0n) is 17.0. The molecule has 146 valence electrons. The smallest absolute Gasteiger partial charge is 0.131 e. The lowest BCUT2D eigenvalue weighted by Gasteiger charge is -2.35. The molecule has 4 unspecified atom stereocenters. The summed E-state index contributed by atoms with van der Waals surface area (Å²) in [4.78, 5) is 0. The Labute approximate surface area is 169 Å². The fourth-order valence-electron chi connectivity index (χ4n) is 5.28. The van der Waals surface area contributed by atoms with Crippen LogP contribution >= 0.6 is 0 Å². The number of ether oxygens (including phenoxy) is 1. The van der Waals surface area contributed by atoms with Crippen LogP contribution in [0, 0.1) is 11.8 Å². The third kappa shape index (κ3) is 3.03. The summed E-state index contributed by atoms with van der Waals surface area (Å²) in [6, 6.07) is 7.35. The molecule has 2 heteroatoms. The first-order valence-corrected chi connectivity index (χ1v) is 11.0. The third-order valence-electron chi connectivity index (χ3n) is 6.89. The molecule has 0 radical (unpaired) electrons. The van der Waals surface area contributed by atoms with Gasteiger partial charge in [0, 0.05) is 34.7 Å². The molecular weight excluding hydrogens is 342 g/mol. The summed E-state index contributed by atoms with van der Waals surface area (Å²) in [6.07, 6.45) is 19.7. The Morgan fingerprint density at radius 1 is 1.07 bits per heavy atom. The number of benzene rings is 1. The first kappa shape index (κ1) is 17.8. The summed E-state index contributed by atoms with van der Waals surface area (Å²) in [5.41, 5.74) is 5.61. The van der Waals surface area contributed by atoms with E-state index in [0.29, 0.717) is 29.9 Å². The largest absolute Gasteiger partial charge is 0.489 e. The highest BCUT2D eigenvalue weighted by molar-refractivity contribution is 5.76. The predicted molar refractivity (Wildman–Crippen MR) is 116 cm³/mol. The molecule has 0 spiro atoms. The van der Waals surface area contributed by atoms with Gasteiger partial charge in [-0.3, -0.25) is 0 Å². The van der Waals surface area contributed by atoms with E-state index in [2.05, 4.69) is 73.8 Å². The maximum atomic E-state index is 6.56. The number of hydrogen-bond donors (Lipinski definition) is 1. The number of rotatable bonds is 3. The zero-order chi connectivity index (χ0) is 19.1. The molecule has 5 rings (SSSR count). The van der Waals surface area contributed by atoms with Crippen LogP contribution in [0.25, 0.3) is 5.57 Å². The van der Waals surface area contributed by atoms with Gasteiger partial charge >= 0.3 is 0 Å². The van der Waals surface area contributed by atoms with Gasteiger partial charge in [-0.05, 0) is 43.6 Å². The van der Waals surface area contributed by atoms with Crippen LogP contribution in [0.4, 0.5) is 0 Å². The molecule has 1 aromatic rings. The second kappa shape index (κ2) is 7.31. The molecule has 0 aromatic heterocycles. The van der Waals surface area contributed by atoms with Gasteiger partial charge in [0.25, 0.3) is 0 Å². The van der Waals surface area contributed by atoms with E-state index in [-0.39, 0.29) is 0 Å². The lowest BCUT2D eigenvalue weighted by molar-refractivity contribution is 0.204. The Morgan fingerprint density at radius 3 is 2.82 bits per heavy atom. The van der Waals surface area contributed by atoms with Crippen molar-refractivity contribution in [3.63, 3.8) is 0 Å². The van der Waals surface area contributed by atoms with Crippen molar-refractivity contribution in [1.29, 1.82) is 0 Å². The third-order valence-corrected chi connectivity index (χ3v) is 6.89. The van der Waals surface area contributed by atoms with Crippen LogP contribution in [0.5, 0.6) is 5.75 Å². The Hall–Kier alpha value is -2.22. The van der Waals surface area contributed by atoms with E-state index in [1.165, 1.54) is 28.8 Å². The molecule has 4 atom stereocenters. The Morgan fingerprint density at radius 2 is 2.00 bits per heavy atom. The van der Waals surface area contributed by atoms with E-state index < -0.39 is 0 Å². The minimum absolute atomic E-state index is 0.322. The van der Waals surface area contributed by atoms with Crippen LogP contribution < -0.4 is 10.1 Å². The van der Waals surface area contributed by atoms with Crippen molar-refractivity contribution in [2.75, 3.05) is 0 Å². The highest BCUT2D eigenvalue weighted by Gasteiger charge is 2.37. The van der Waals surface area contributed by atoms with Crippen molar-refractivity contribution in [2.45, 2.75) is 64.0 Å². The second-order valence-corrected chi connectivity index (χ2v) is 8.99. The number of nitrogens with one attached hydrogen (secondary N) is 1. The average Bonchev–Trinajstić information content (AvgIpc) is 3.13. The highest BCUT2D eigenvalue weighted by atomic mass is 16.5. The van der Waals surface area contributed by atoms with Gasteiger partial charge in [0.15, 0.2) is 0 Å². The topological polar surface area (TPSA) is 21.3 Å². The van der Waals surface area contributed by atoms with Crippen LogP contribution in [0.3, 0.4) is 0 Å². The van der Waals surface area contributed by atoms with Crippen molar-refractivity contribution < 1.29 is 4.74 Å². The van der Waals surface area contributed by atoms with E-state index >= 15 is 0 Å². The lowest BCUT2D eigenvalue weighted by Crippen LogP contribution is -2.39.